The van der Waals surface area contributed by atoms with E-state index in [1.54, 1.807) is 6.92 Å². The highest BCUT2D eigenvalue weighted by Crippen LogP contribution is 1.94. The summed E-state index contributed by atoms with van der Waals surface area (Å²) in [4.78, 5) is 11.1. The second kappa shape index (κ2) is 8.47. The summed E-state index contributed by atoms with van der Waals surface area (Å²) in [6.45, 7) is 9.46. The van der Waals surface area contributed by atoms with Crippen molar-refractivity contribution in [2.75, 3.05) is 6.61 Å². The number of nitrogens with zero attached hydrogens (tertiary/aromatic N) is 2. The van der Waals surface area contributed by atoms with Crippen molar-refractivity contribution in [2.45, 2.75) is 39.8 Å². The summed E-state index contributed by atoms with van der Waals surface area (Å²) >= 11 is 0. The summed E-state index contributed by atoms with van der Waals surface area (Å²) in [6.07, 6.45) is 8.43. The van der Waals surface area contributed by atoms with Gasteiger partial charge in [-0.05, 0) is 13.3 Å². The highest BCUT2D eigenvalue weighted by Gasteiger charge is 2.06. The number of aryl methyl sites for hydroxylation is 1. The third-order valence-corrected chi connectivity index (χ3v) is 2.45. The number of hydrogen-bond acceptors (Lipinski definition) is 3. The molecule has 0 amide bonds. The van der Waals surface area contributed by atoms with E-state index in [9.17, 15) is 4.79 Å². The van der Waals surface area contributed by atoms with E-state index in [2.05, 4.69) is 18.1 Å². The van der Waals surface area contributed by atoms with Gasteiger partial charge in [0.15, 0.2) is 0 Å². The lowest BCUT2D eigenvalue weighted by molar-refractivity contribution is -0.696. The topological polar surface area (TPSA) is 65.1 Å². The second-order valence-electron chi connectivity index (χ2n) is 4.16. The summed E-state index contributed by atoms with van der Waals surface area (Å²) in [7, 11) is 0. The van der Waals surface area contributed by atoms with Crippen LogP contribution in [0.25, 0.3) is 0 Å². The van der Waals surface area contributed by atoms with Crippen LogP contribution in [0.1, 0.15) is 26.7 Å². The molecule has 0 unspecified atom stereocenters. The molecule has 1 aromatic heterocycles. The average Bonchev–Trinajstić information content (AvgIpc) is 2.74. The highest BCUT2D eigenvalue weighted by molar-refractivity contribution is 5.86. The maximum absolute atomic E-state index is 11.1. The smallest absolute Gasteiger partial charge is 0.333 e. The van der Waals surface area contributed by atoms with Gasteiger partial charge < -0.3 is 10.2 Å². The number of carbonyl (C=O) groups is 1. The van der Waals surface area contributed by atoms with Crippen molar-refractivity contribution < 1.29 is 19.6 Å². The zero-order chi connectivity index (χ0) is 12.7. The van der Waals surface area contributed by atoms with Crippen molar-refractivity contribution in [2.24, 2.45) is 0 Å². The van der Waals surface area contributed by atoms with Crippen molar-refractivity contribution in [1.29, 1.82) is 0 Å². The van der Waals surface area contributed by atoms with E-state index >= 15 is 0 Å². The number of imidazole rings is 1. The molecule has 0 bridgehead atoms. The molecule has 0 saturated heterocycles. The van der Waals surface area contributed by atoms with Gasteiger partial charge in [-0.25, -0.2) is 13.9 Å². The third-order valence-electron chi connectivity index (χ3n) is 2.45. The molecule has 18 heavy (non-hydrogen) atoms. The molecule has 0 atom stereocenters. The number of rotatable bonds is 7. The first-order valence-electron chi connectivity index (χ1n) is 6.01. The SMILES string of the molecule is C=C(C)C(=O)OCCn1cc[n+](CCCC)c1.[OH-]. The molecule has 5 nitrogen and oxygen atoms in total. The van der Waals surface area contributed by atoms with Crippen LogP contribution in [-0.4, -0.2) is 22.6 Å². The predicted molar refractivity (Wildman–Crippen MR) is 67.2 cm³/mol. The fourth-order valence-corrected chi connectivity index (χ4v) is 1.41. The van der Waals surface area contributed by atoms with E-state index < -0.39 is 0 Å². The van der Waals surface area contributed by atoms with Gasteiger partial charge >= 0.3 is 5.97 Å². The van der Waals surface area contributed by atoms with Crippen molar-refractivity contribution >= 4 is 5.97 Å². The molecule has 1 rings (SSSR count). The van der Waals surface area contributed by atoms with E-state index in [1.165, 1.54) is 12.8 Å². The summed E-state index contributed by atoms with van der Waals surface area (Å²) in [5.74, 6) is -0.323. The quantitative estimate of drug-likeness (QED) is 0.421. The van der Waals surface area contributed by atoms with E-state index in [-0.39, 0.29) is 11.4 Å². The Kier molecular flexibility index (Phi) is 7.71. The molecular formula is C13H22N2O3. The largest absolute Gasteiger partial charge is 0.870 e. The number of hydrogen-bond donors (Lipinski definition) is 0. The summed E-state index contributed by atoms with van der Waals surface area (Å²) in [5, 5.41) is 0. The number of esters is 1. The molecule has 0 aromatic carbocycles. The Labute approximate surface area is 108 Å². The fourth-order valence-electron chi connectivity index (χ4n) is 1.41. The molecule has 0 aliphatic heterocycles. The minimum Gasteiger partial charge on any atom is -0.870 e. The minimum absolute atomic E-state index is 0. The molecular weight excluding hydrogens is 232 g/mol. The Hall–Kier alpha value is -1.62. The van der Waals surface area contributed by atoms with Crippen LogP contribution in [0.4, 0.5) is 0 Å². The van der Waals surface area contributed by atoms with E-state index in [0.29, 0.717) is 18.7 Å². The van der Waals surface area contributed by atoms with E-state index in [1.807, 2.05) is 23.3 Å². The predicted octanol–water partition coefficient (Wildman–Crippen LogP) is 1.52. The van der Waals surface area contributed by atoms with Gasteiger partial charge in [-0.1, -0.05) is 19.9 Å². The first-order chi connectivity index (χ1) is 8.13. The first-order valence-corrected chi connectivity index (χ1v) is 6.01. The summed E-state index contributed by atoms with van der Waals surface area (Å²) < 4.78 is 9.19. The van der Waals surface area contributed by atoms with Crippen LogP contribution in [0.5, 0.6) is 0 Å². The molecule has 5 heteroatoms. The summed E-state index contributed by atoms with van der Waals surface area (Å²) in [6, 6.07) is 0. The van der Waals surface area contributed by atoms with Gasteiger partial charge in [-0.15, -0.1) is 0 Å². The Bertz CT molecular complexity index is 385. The first kappa shape index (κ1) is 16.4. The van der Waals surface area contributed by atoms with Gasteiger partial charge in [-0.3, -0.25) is 0 Å². The Morgan fingerprint density at radius 2 is 2.22 bits per heavy atom. The lowest BCUT2D eigenvalue weighted by atomic mass is 10.3. The Morgan fingerprint density at radius 1 is 1.50 bits per heavy atom. The van der Waals surface area contributed by atoms with Crippen LogP contribution < -0.4 is 4.57 Å². The van der Waals surface area contributed by atoms with Gasteiger partial charge in [0.2, 0.25) is 6.33 Å². The van der Waals surface area contributed by atoms with Crippen LogP contribution in [0.3, 0.4) is 0 Å². The van der Waals surface area contributed by atoms with Crippen molar-refractivity contribution in [1.82, 2.24) is 4.57 Å². The molecule has 0 radical (unpaired) electrons. The van der Waals surface area contributed by atoms with Crippen molar-refractivity contribution in [3.05, 3.63) is 30.9 Å². The molecule has 0 spiro atoms. The standard InChI is InChI=1S/C13H21N2O2.H2O/c1-4-5-6-14-7-8-15(11-14)9-10-17-13(16)12(2)3;/h7-8,11H,2,4-6,9-10H2,1,3H3;1H2/q+1;/p-1. The maximum atomic E-state index is 11.1. The zero-order valence-electron chi connectivity index (χ0n) is 11.1. The van der Waals surface area contributed by atoms with Crippen LogP contribution in [0.15, 0.2) is 30.9 Å². The van der Waals surface area contributed by atoms with Gasteiger partial charge in [0.25, 0.3) is 0 Å². The monoisotopic (exact) mass is 254 g/mol. The number of aromatic nitrogens is 2. The van der Waals surface area contributed by atoms with Crippen LogP contribution >= 0.6 is 0 Å². The molecule has 1 aromatic rings. The fraction of sp³-hybridized carbons (Fsp3) is 0.538. The number of unbranched alkanes of at least 4 members (excludes halogenated alkanes) is 1. The second-order valence-corrected chi connectivity index (χ2v) is 4.16. The van der Waals surface area contributed by atoms with Crippen LogP contribution in [0.2, 0.25) is 0 Å². The van der Waals surface area contributed by atoms with Crippen molar-refractivity contribution in [3.8, 4) is 0 Å². The number of ether oxygens (including phenoxy) is 1. The van der Waals surface area contributed by atoms with E-state index in [0.717, 1.165) is 6.54 Å². The average molecular weight is 254 g/mol. The molecule has 0 saturated carbocycles. The highest BCUT2D eigenvalue weighted by atomic mass is 16.5. The van der Waals surface area contributed by atoms with Crippen LogP contribution in [-0.2, 0) is 22.6 Å². The normalized spacial score (nSPS) is 9.67. The van der Waals surface area contributed by atoms with Gasteiger partial charge in [0.05, 0.1) is 6.54 Å². The maximum Gasteiger partial charge on any atom is 0.333 e. The minimum atomic E-state index is -0.323. The molecule has 102 valence electrons. The third kappa shape index (κ3) is 5.63. The zero-order valence-corrected chi connectivity index (χ0v) is 11.1. The molecule has 0 aliphatic carbocycles. The Morgan fingerprint density at radius 3 is 2.83 bits per heavy atom. The summed E-state index contributed by atoms with van der Waals surface area (Å²) in [5.41, 5.74) is 0.440. The Balaban J connectivity index is 0.00000289. The molecule has 0 aliphatic rings. The lowest BCUT2D eigenvalue weighted by Crippen LogP contribution is -2.30. The van der Waals surface area contributed by atoms with Crippen LogP contribution in [0, 0.1) is 0 Å². The molecule has 1 N–H and O–H groups in total. The van der Waals surface area contributed by atoms with Crippen molar-refractivity contribution in [3.63, 3.8) is 0 Å². The molecule has 0 fully saturated rings. The molecule has 1 heterocycles. The lowest BCUT2D eigenvalue weighted by Gasteiger charge is -2.01. The van der Waals surface area contributed by atoms with E-state index in [4.69, 9.17) is 4.74 Å². The van der Waals surface area contributed by atoms with Gasteiger partial charge in [-0.2, -0.15) is 0 Å². The van der Waals surface area contributed by atoms with Gasteiger partial charge in [0, 0.05) is 5.57 Å². The number of carbonyl (C=O) groups excluding carboxylic acids is 1. The van der Waals surface area contributed by atoms with Gasteiger partial charge in [0.1, 0.15) is 25.5 Å².